The van der Waals surface area contributed by atoms with Gasteiger partial charge in [0.1, 0.15) is 12.4 Å². The van der Waals surface area contributed by atoms with Gasteiger partial charge in [0.2, 0.25) is 0 Å². The maximum atomic E-state index is 6.02. The molecule has 0 radical (unpaired) electrons. The van der Waals surface area contributed by atoms with Crippen LogP contribution in [0.5, 0.6) is 5.75 Å². The molecule has 3 aliphatic rings. The van der Waals surface area contributed by atoms with Crippen LogP contribution in [0.3, 0.4) is 0 Å². The van der Waals surface area contributed by atoms with Crippen LogP contribution in [-0.2, 0) is 4.74 Å². The number of nitrogens with zero attached hydrogens (tertiary/aromatic N) is 2. The fraction of sp³-hybridized carbons (Fsp3) is 0.650. The molecule has 26 heavy (non-hydrogen) atoms. The van der Waals surface area contributed by atoms with E-state index in [9.17, 15) is 0 Å². The van der Waals surface area contributed by atoms with Crippen LogP contribution in [0.4, 0.5) is 0 Å². The Labute approximate surface area is 173 Å². The van der Waals surface area contributed by atoms with Crippen LogP contribution in [0.1, 0.15) is 25.7 Å². The Bertz CT molecular complexity index is 621. The van der Waals surface area contributed by atoms with Crippen LogP contribution in [0.15, 0.2) is 35.3 Å². The van der Waals surface area contributed by atoms with Crippen LogP contribution in [0, 0.1) is 11.3 Å². The van der Waals surface area contributed by atoms with Crippen LogP contribution in [0.25, 0.3) is 0 Å². The summed E-state index contributed by atoms with van der Waals surface area (Å²) in [4.78, 5) is 6.67. The molecular weight excluding hydrogens is 441 g/mol. The van der Waals surface area contributed by atoms with E-state index in [1.54, 1.807) is 0 Å². The van der Waals surface area contributed by atoms with Gasteiger partial charge in [-0.15, -0.1) is 24.0 Å². The van der Waals surface area contributed by atoms with Crippen molar-refractivity contribution in [2.24, 2.45) is 16.3 Å². The number of hydrogen-bond donors (Lipinski definition) is 1. The number of likely N-dealkylation sites (N-methyl/N-ethyl adjacent to an activating group) is 1. The first-order valence-electron chi connectivity index (χ1n) is 9.48. The lowest BCUT2D eigenvalue weighted by atomic mass is 9.46. The van der Waals surface area contributed by atoms with E-state index in [0.29, 0.717) is 30.1 Å². The molecule has 1 N–H and O–H groups in total. The van der Waals surface area contributed by atoms with Gasteiger partial charge in [0.25, 0.3) is 0 Å². The normalized spacial score (nSPS) is 28.4. The molecule has 0 aromatic heterocycles. The molecule has 6 heteroatoms. The molecule has 1 saturated heterocycles. The topological polar surface area (TPSA) is 46.1 Å². The number of fused-ring (bicyclic) bond motifs is 2. The van der Waals surface area contributed by atoms with Gasteiger partial charge in [-0.25, -0.2) is 0 Å². The Kier molecular flexibility index (Phi) is 6.33. The van der Waals surface area contributed by atoms with E-state index < -0.39 is 0 Å². The second-order valence-corrected chi connectivity index (χ2v) is 7.58. The molecule has 3 fully saturated rings. The summed E-state index contributed by atoms with van der Waals surface area (Å²) < 4.78 is 11.8. The van der Waals surface area contributed by atoms with Gasteiger partial charge in [0.05, 0.1) is 12.6 Å². The molecule has 0 bridgehead atoms. The van der Waals surface area contributed by atoms with Crippen molar-refractivity contribution in [3.63, 3.8) is 0 Å². The van der Waals surface area contributed by atoms with Crippen molar-refractivity contribution in [3.05, 3.63) is 30.3 Å². The Morgan fingerprint density at radius 1 is 1.35 bits per heavy atom. The Morgan fingerprint density at radius 3 is 2.77 bits per heavy atom. The average molecular weight is 471 g/mol. The highest BCUT2D eigenvalue weighted by molar-refractivity contribution is 14.0. The third-order valence-corrected chi connectivity index (χ3v) is 6.33. The van der Waals surface area contributed by atoms with Gasteiger partial charge in [-0.1, -0.05) is 24.6 Å². The molecule has 4 rings (SSSR count). The SMILES string of the molecule is CN=C(NC1C2CCOC2C12CCC2)N(C)CCOc1ccccc1.I. The molecule has 0 amide bonds. The number of para-hydroxylation sites is 1. The number of rotatable bonds is 5. The largest absolute Gasteiger partial charge is 0.492 e. The predicted octanol–water partition coefficient (Wildman–Crippen LogP) is 3.15. The molecule has 1 aromatic carbocycles. The molecule has 1 spiro atoms. The minimum atomic E-state index is 0. The molecular formula is C20H30IN3O2. The van der Waals surface area contributed by atoms with Crippen LogP contribution in [0.2, 0.25) is 0 Å². The number of hydrogen-bond acceptors (Lipinski definition) is 3. The second-order valence-electron chi connectivity index (χ2n) is 7.58. The van der Waals surface area contributed by atoms with Crippen molar-refractivity contribution >= 4 is 29.9 Å². The van der Waals surface area contributed by atoms with Gasteiger partial charge in [0, 0.05) is 38.1 Å². The number of guanidine groups is 1. The van der Waals surface area contributed by atoms with E-state index in [0.717, 1.165) is 24.9 Å². The maximum Gasteiger partial charge on any atom is 0.193 e. The lowest BCUT2D eigenvalue weighted by Crippen LogP contribution is -2.72. The fourth-order valence-electron chi connectivity index (χ4n) is 4.86. The zero-order chi connectivity index (χ0) is 17.3. The first kappa shape index (κ1) is 19.7. The fourth-order valence-corrected chi connectivity index (χ4v) is 4.86. The number of benzene rings is 1. The summed E-state index contributed by atoms with van der Waals surface area (Å²) >= 11 is 0. The molecule has 3 unspecified atom stereocenters. The number of halogens is 1. The van der Waals surface area contributed by atoms with Gasteiger partial charge < -0.3 is 19.7 Å². The number of aliphatic imine (C=N–C) groups is 1. The molecule has 144 valence electrons. The van der Waals surface area contributed by atoms with E-state index in [-0.39, 0.29) is 24.0 Å². The summed E-state index contributed by atoms with van der Waals surface area (Å²) in [5.74, 6) is 2.54. The molecule has 1 aromatic rings. The van der Waals surface area contributed by atoms with E-state index in [4.69, 9.17) is 9.47 Å². The summed E-state index contributed by atoms with van der Waals surface area (Å²) in [5, 5.41) is 3.76. The predicted molar refractivity (Wildman–Crippen MR) is 114 cm³/mol. The van der Waals surface area contributed by atoms with Gasteiger partial charge >= 0.3 is 0 Å². The Hall–Kier alpha value is -1.02. The Morgan fingerprint density at radius 2 is 2.12 bits per heavy atom. The molecule has 2 aliphatic carbocycles. The first-order valence-corrected chi connectivity index (χ1v) is 9.48. The maximum absolute atomic E-state index is 6.02. The van der Waals surface area contributed by atoms with Crippen molar-refractivity contribution < 1.29 is 9.47 Å². The van der Waals surface area contributed by atoms with E-state index in [2.05, 4.69) is 22.3 Å². The standard InChI is InChI=1S/C20H29N3O2.HI/c1-21-19(23(2)12-14-24-15-7-4-3-5-8-15)22-17-16-9-13-25-18(16)20(17)10-6-11-20;/h3-5,7-8,16-18H,6,9-14H2,1-2H3,(H,21,22);1H. The zero-order valence-electron chi connectivity index (χ0n) is 15.7. The molecule has 1 heterocycles. The van der Waals surface area contributed by atoms with E-state index in [1.165, 1.54) is 25.7 Å². The summed E-state index contributed by atoms with van der Waals surface area (Å²) in [7, 11) is 3.95. The zero-order valence-corrected chi connectivity index (χ0v) is 18.0. The molecule has 2 saturated carbocycles. The highest BCUT2D eigenvalue weighted by Crippen LogP contribution is 2.62. The van der Waals surface area contributed by atoms with E-state index in [1.807, 2.05) is 37.4 Å². The quantitative estimate of drug-likeness (QED) is 0.407. The minimum absolute atomic E-state index is 0. The van der Waals surface area contributed by atoms with Crippen molar-refractivity contribution in [2.45, 2.75) is 37.8 Å². The highest BCUT2D eigenvalue weighted by atomic mass is 127. The van der Waals surface area contributed by atoms with Gasteiger partial charge in [-0.2, -0.15) is 0 Å². The third kappa shape index (κ3) is 3.42. The number of nitrogens with one attached hydrogen (secondary N) is 1. The van der Waals surface area contributed by atoms with Crippen LogP contribution >= 0.6 is 24.0 Å². The Balaban J connectivity index is 0.00000196. The smallest absolute Gasteiger partial charge is 0.193 e. The van der Waals surface area contributed by atoms with Gasteiger partial charge in [0.15, 0.2) is 5.96 Å². The van der Waals surface area contributed by atoms with Crippen molar-refractivity contribution in [2.75, 3.05) is 33.9 Å². The van der Waals surface area contributed by atoms with Gasteiger partial charge in [-0.3, -0.25) is 4.99 Å². The lowest BCUT2D eigenvalue weighted by molar-refractivity contribution is -0.171. The summed E-state index contributed by atoms with van der Waals surface area (Å²) in [5.41, 5.74) is 0.373. The lowest BCUT2D eigenvalue weighted by Gasteiger charge is -2.63. The summed E-state index contributed by atoms with van der Waals surface area (Å²) in [6, 6.07) is 10.5. The second kappa shape index (κ2) is 8.33. The molecule has 1 aliphatic heterocycles. The van der Waals surface area contributed by atoms with Gasteiger partial charge in [-0.05, 0) is 31.4 Å². The van der Waals surface area contributed by atoms with Crippen LogP contribution < -0.4 is 10.1 Å². The monoisotopic (exact) mass is 471 g/mol. The summed E-state index contributed by atoms with van der Waals surface area (Å²) in [6.07, 6.45) is 5.60. The third-order valence-electron chi connectivity index (χ3n) is 6.33. The number of ether oxygens (including phenoxy) is 2. The summed E-state index contributed by atoms with van der Waals surface area (Å²) in [6.45, 7) is 2.37. The van der Waals surface area contributed by atoms with Crippen molar-refractivity contribution in [1.29, 1.82) is 0 Å². The highest BCUT2D eigenvalue weighted by Gasteiger charge is 2.66. The average Bonchev–Trinajstić information content (AvgIpc) is 3.00. The van der Waals surface area contributed by atoms with Crippen molar-refractivity contribution in [1.82, 2.24) is 10.2 Å². The van der Waals surface area contributed by atoms with Crippen LogP contribution in [-0.4, -0.2) is 56.9 Å². The minimum Gasteiger partial charge on any atom is -0.492 e. The molecule has 3 atom stereocenters. The molecule has 5 nitrogen and oxygen atoms in total. The van der Waals surface area contributed by atoms with E-state index >= 15 is 0 Å². The van der Waals surface area contributed by atoms with Crippen molar-refractivity contribution in [3.8, 4) is 5.75 Å². The first-order chi connectivity index (χ1) is 12.2.